The lowest BCUT2D eigenvalue weighted by atomic mass is 10.2. The first-order chi connectivity index (χ1) is 9.02. The molecular formula is C11H7F3N4O. The lowest BCUT2D eigenvalue weighted by molar-refractivity contribution is -0.0521. The summed E-state index contributed by atoms with van der Waals surface area (Å²) < 4.78 is 42.9. The van der Waals surface area contributed by atoms with E-state index in [-0.39, 0.29) is 17.2 Å². The van der Waals surface area contributed by atoms with Gasteiger partial charge in [0.2, 0.25) is 5.82 Å². The van der Waals surface area contributed by atoms with E-state index in [9.17, 15) is 13.2 Å². The largest absolute Gasteiger partial charge is 0.432 e. The van der Waals surface area contributed by atoms with Crippen molar-refractivity contribution in [3.8, 4) is 17.5 Å². The second-order valence-electron chi connectivity index (χ2n) is 3.45. The number of alkyl halides is 2. The molecule has 0 radical (unpaired) electrons. The van der Waals surface area contributed by atoms with Gasteiger partial charge in [-0.15, -0.1) is 0 Å². The summed E-state index contributed by atoms with van der Waals surface area (Å²) in [7, 11) is 0. The van der Waals surface area contributed by atoms with Crippen LogP contribution in [-0.2, 0) is 0 Å². The molecule has 2 rings (SSSR count). The number of nitriles is 1. The predicted octanol–water partition coefficient (Wildman–Crippen LogP) is 2.07. The minimum Gasteiger partial charge on any atom is -0.432 e. The zero-order valence-electron chi connectivity index (χ0n) is 9.35. The van der Waals surface area contributed by atoms with E-state index in [0.29, 0.717) is 0 Å². The third kappa shape index (κ3) is 2.44. The molecule has 0 saturated heterocycles. The van der Waals surface area contributed by atoms with E-state index < -0.39 is 18.2 Å². The van der Waals surface area contributed by atoms with E-state index in [1.54, 1.807) is 6.07 Å². The van der Waals surface area contributed by atoms with Gasteiger partial charge in [-0.3, -0.25) is 4.57 Å². The van der Waals surface area contributed by atoms with Crippen LogP contribution in [-0.4, -0.2) is 16.2 Å². The number of hydrogen-bond donors (Lipinski definition) is 1. The Hall–Kier alpha value is -2.69. The summed E-state index contributed by atoms with van der Waals surface area (Å²) in [6.07, 6.45) is 2.73. The standard InChI is InChI=1S/C11H7F3N4O/c12-6-3-7(16)8(4-9(6)19-11(13)14)18-2-1-17-10(18)5-15/h1-4,11H,16H2. The molecule has 2 N–H and O–H groups in total. The van der Waals surface area contributed by atoms with Crippen LogP contribution in [0.3, 0.4) is 0 Å². The fraction of sp³-hybridized carbons (Fsp3) is 0.0909. The van der Waals surface area contributed by atoms with Crippen molar-refractivity contribution in [2.45, 2.75) is 6.61 Å². The monoisotopic (exact) mass is 268 g/mol. The van der Waals surface area contributed by atoms with Gasteiger partial charge in [-0.05, 0) is 0 Å². The van der Waals surface area contributed by atoms with E-state index in [0.717, 1.165) is 12.1 Å². The molecule has 0 aliphatic rings. The molecule has 1 heterocycles. The maximum absolute atomic E-state index is 13.4. The van der Waals surface area contributed by atoms with Crippen molar-refractivity contribution in [3.05, 3.63) is 36.2 Å². The topological polar surface area (TPSA) is 76.9 Å². The van der Waals surface area contributed by atoms with E-state index >= 15 is 0 Å². The van der Waals surface area contributed by atoms with Gasteiger partial charge in [0, 0.05) is 24.5 Å². The number of anilines is 1. The summed E-state index contributed by atoms with van der Waals surface area (Å²) in [5.74, 6) is -1.68. The third-order valence-electron chi connectivity index (χ3n) is 2.30. The van der Waals surface area contributed by atoms with Crippen molar-refractivity contribution in [1.82, 2.24) is 9.55 Å². The van der Waals surface area contributed by atoms with Crippen LogP contribution in [0.25, 0.3) is 5.69 Å². The van der Waals surface area contributed by atoms with Crippen LogP contribution in [0.4, 0.5) is 18.9 Å². The Morgan fingerprint density at radius 1 is 1.42 bits per heavy atom. The number of ether oxygens (including phenoxy) is 1. The Balaban J connectivity index is 2.55. The normalized spacial score (nSPS) is 10.5. The summed E-state index contributed by atoms with van der Waals surface area (Å²) in [5, 5.41) is 8.83. The Bertz CT molecular complexity index is 648. The minimum absolute atomic E-state index is 0.0127. The molecule has 0 atom stereocenters. The van der Waals surface area contributed by atoms with Crippen molar-refractivity contribution in [2.75, 3.05) is 5.73 Å². The van der Waals surface area contributed by atoms with Gasteiger partial charge in [0.1, 0.15) is 6.07 Å². The smallest absolute Gasteiger partial charge is 0.387 e. The van der Waals surface area contributed by atoms with Gasteiger partial charge in [-0.1, -0.05) is 0 Å². The van der Waals surface area contributed by atoms with Gasteiger partial charge in [0.05, 0.1) is 11.4 Å². The SMILES string of the molecule is N#Cc1nccn1-c1cc(OC(F)F)c(F)cc1N. The number of halogens is 3. The highest BCUT2D eigenvalue weighted by Gasteiger charge is 2.15. The molecule has 1 aromatic heterocycles. The first kappa shape index (κ1) is 12.8. The molecule has 2 aromatic rings. The fourth-order valence-electron chi connectivity index (χ4n) is 1.53. The van der Waals surface area contributed by atoms with Crippen LogP contribution in [0, 0.1) is 17.1 Å². The zero-order valence-corrected chi connectivity index (χ0v) is 9.35. The van der Waals surface area contributed by atoms with Gasteiger partial charge in [-0.25, -0.2) is 9.37 Å². The summed E-state index contributed by atoms with van der Waals surface area (Å²) in [6, 6.07) is 3.62. The maximum atomic E-state index is 13.4. The van der Waals surface area contributed by atoms with Gasteiger partial charge < -0.3 is 10.5 Å². The molecule has 0 aliphatic carbocycles. The summed E-state index contributed by atoms with van der Waals surface area (Å²) in [5.41, 5.74) is 5.69. The van der Waals surface area contributed by atoms with Crippen LogP contribution in [0.1, 0.15) is 5.82 Å². The third-order valence-corrected chi connectivity index (χ3v) is 2.30. The van der Waals surface area contributed by atoms with Gasteiger partial charge >= 0.3 is 6.61 Å². The fourth-order valence-corrected chi connectivity index (χ4v) is 1.53. The maximum Gasteiger partial charge on any atom is 0.387 e. The molecule has 0 spiro atoms. The lowest BCUT2D eigenvalue weighted by Crippen LogP contribution is -2.07. The Morgan fingerprint density at radius 2 is 2.16 bits per heavy atom. The van der Waals surface area contributed by atoms with Crippen molar-refractivity contribution in [2.24, 2.45) is 0 Å². The van der Waals surface area contributed by atoms with Crippen molar-refractivity contribution in [1.29, 1.82) is 5.26 Å². The Labute approximate surface area is 105 Å². The number of imidazole rings is 1. The number of aromatic nitrogens is 2. The lowest BCUT2D eigenvalue weighted by Gasteiger charge is -2.12. The van der Waals surface area contributed by atoms with Crippen LogP contribution < -0.4 is 10.5 Å². The average molecular weight is 268 g/mol. The predicted molar refractivity (Wildman–Crippen MR) is 59.3 cm³/mol. The molecule has 5 nitrogen and oxygen atoms in total. The first-order valence-corrected chi connectivity index (χ1v) is 5.00. The highest BCUT2D eigenvalue weighted by Crippen LogP contribution is 2.28. The van der Waals surface area contributed by atoms with Crippen LogP contribution >= 0.6 is 0 Å². The molecule has 19 heavy (non-hydrogen) atoms. The number of rotatable bonds is 3. The highest BCUT2D eigenvalue weighted by atomic mass is 19.3. The summed E-state index contributed by atoms with van der Waals surface area (Å²) in [4.78, 5) is 3.73. The van der Waals surface area contributed by atoms with Crippen molar-refractivity contribution >= 4 is 5.69 Å². The molecule has 1 aromatic carbocycles. The van der Waals surface area contributed by atoms with Crippen molar-refractivity contribution < 1.29 is 17.9 Å². The number of nitrogens with zero attached hydrogens (tertiary/aromatic N) is 3. The molecule has 0 fully saturated rings. The molecule has 0 bridgehead atoms. The molecule has 0 aliphatic heterocycles. The van der Waals surface area contributed by atoms with E-state index in [1.807, 2.05) is 0 Å². The van der Waals surface area contributed by atoms with Gasteiger partial charge in [0.25, 0.3) is 0 Å². The average Bonchev–Trinajstić information content (AvgIpc) is 2.80. The van der Waals surface area contributed by atoms with E-state index in [4.69, 9.17) is 11.0 Å². The Kier molecular flexibility index (Phi) is 3.29. The number of hydrogen-bond acceptors (Lipinski definition) is 4. The molecule has 0 saturated carbocycles. The summed E-state index contributed by atoms with van der Waals surface area (Å²) >= 11 is 0. The first-order valence-electron chi connectivity index (χ1n) is 5.00. The van der Waals surface area contributed by atoms with Gasteiger partial charge in [-0.2, -0.15) is 14.0 Å². The second kappa shape index (κ2) is 4.89. The quantitative estimate of drug-likeness (QED) is 0.864. The molecular weight excluding hydrogens is 261 g/mol. The highest BCUT2D eigenvalue weighted by molar-refractivity contribution is 5.62. The molecule has 0 amide bonds. The minimum atomic E-state index is -3.16. The summed E-state index contributed by atoms with van der Waals surface area (Å²) in [6.45, 7) is -3.16. The van der Waals surface area contributed by atoms with E-state index in [2.05, 4.69) is 9.72 Å². The van der Waals surface area contributed by atoms with Crippen LogP contribution in [0.2, 0.25) is 0 Å². The molecule has 0 unspecified atom stereocenters. The second-order valence-corrected chi connectivity index (χ2v) is 3.45. The Morgan fingerprint density at radius 3 is 2.79 bits per heavy atom. The van der Waals surface area contributed by atoms with E-state index in [1.165, 1.54) is 17.0 Å². The number of nitrogens with two attached hydrogens (primary N) is 1. The van der Waals surface area contributed by atoms with Gasteiger partial charge in [0.15, 0.2) is 11.6 Å². The number of benzene rings is 1. The number of nitrogen functional groups attached to an aromatic ring is 1. The molecule has 8 heteroatoms. The van der Waals surface area contributed by atoms with Crippen molar-refractivity contribution in [3.63, 3.8) is 0 Å². The van der Waals surface area contributed by atoms with Crippen LogP contribution in [0.5, 0.6) is 5.75 Å². The van der Waals surface area contributed by atoms with Crippen LogP contribution in [0.15, 0.2) is 24.5 Å². The zero-order chi connectivity index (χ0) is 14.0. The molecule has 98 valence electrons.